The normalized spacial score (nSPS) is 15.9. The number of fused-ring (bicyclic) bond motifs is 1. The summed E-state index contributed by atoms with van der Waals surface area (Å²) in [4.78, 5) is 0. The molecule has 1 unspecified atom stereocenters. The maximum atomic E-state index is 9.69. The summed E-state index contributed by atoms with van der Waals surface area (Å²) in [7, 11) is 0. The van der Waals surface area contributed by atoms with Crippen molar-refractivity contribution in [1.29, 1.82) is 5.26 Å². The number of halogens is 2. The minimum Gasteiger partial charge on any atom is -0.422 e. The Morgan fingerprint density at radius 1 is 1.15 bits per heavy atom. The SMILES string of the molecule is Cc1nn(-c2cccc(Cl)c2)c2c1C(c1ccc(Cl)cc1)C(C#N)=C(N)O2. The number of nitrogens with zero attached hydrogens (tertiary/aromatic N) is 3. The Morgan fingerprint density at radius 2 is 1.89 bits per heavy atom. The van der Waals surface area contributed by atoms with E-state index >= 15 is 0 Å². The molecule has 0 radical (unpaired) electrons. The maximum Gasteiger partial charge on any atom is 0.229 e. The summed E-state index contributed by atoms with van der Waals surface area (Å²) in [5.74, 6) is 0.156. The van der Waals surface area contributed by atoms with Gasteiger partial charge < -0.3 is 10.5 Å². The Kier molecular flexibility index (Phi) is 4.31. The van der Waals surface area contributed by atoms with Crippen LogP contribution in [0.15, 0.2) is 60.0 Å². The lowest BCUT2D eigenvalue weighted by molar-refractivity contribution is 0.367. The molecule has 3 aromatic rings. The third-order valence-corrected chi connectivity index (χ3v) is 4.98. The van der Waals surface area contributed by atoms with E-state index in [4.69, 9.17) is 33.7 Å². The number of allylic oxidation sites excluding steroid dienone is 1. The second kappa shape index (κ2) is 6.66. The van der Waals surface area contributed by atoms with Crippen molar-refractivity contribution in [2.45, 2.75) is 12.8 Å². The first-order valence-electron chi connectivity index (χ1n) is 8.18. The highest BCUT2D eigenvalue weighted by molar-refractivity contribution is 6.30. The van der Waals surface area contributed by atoms with Gasteiger partial charge in [-0.25, -0.2) is 4.68 Å². The highest BCUT2D eigenvalue weighted by Crippen LogP contribution is 2.44. The second-order valence-corrected chi connectivity index (χ2v) is 7.05. The largest absolute Gasteiger partial charge is 0.422 e. The molecular formula is C20H14Cl2N4O. The topological polar surface area (TPSA) is 76.9 Å². The van der Waals surface area contributed by atoms with Crippen LogP contribution in [0.5, 0.6) is 5.88 Å². The average Bonchev–Trinajstić information content (AvgIpc) is 2.97. The summed E-state index contributed by atoms with van der Waals surface area (Å²) in [6.45, 7) is 1.88. The predicted molar refractivity (Wildman–Crippen MR) is 104 cm³/mol. The molecule has 0 bridgehead atoms. The third-order valence-electron chi connectivity index (χ3n) is 4.49. The molecule has 1 aliphatic heterocycles. The number of ether oxygens (including phenoxy) is 1. The van der Waals surface area contributed by atoms with Crippen molar-refractivity contribution < 1.29 is 4.74 Å². The van der Waals surface area contributed by atoms with E-state index in [1.807, 2.05) is 31.2 Å². The number of hydrogen-bond acceptors (Lipinski definition) is 4. The van der Waals surface area contributed by atoms with Crippen LogP contribution in [0.1, 0.15) is 22.7 Å². The zero-order valence-corrected chi connectivity index (χ0v) is 15.8. The summed E-state index contributed by atoms with van der Waals surface area (Å²) in [5.41, 5.74) is 9.60. The summed E-state index contributed by atoms with van der Waals surface area (Å²) >= 11 is 12.2. The number of rotatable bonds is 2. The Morgan fingerprint density at radius 3 is 2.56 bits per heavy atom. The van der Waals surface area contributed by atoms with Crippen molar-refractivity contribution in [3.63, 3.8) is 0 Å². The van der Waals surface area contributed by atoms with Gasteiger partial charge in [0.05, 0.1) is 22.9 Å². The van der Waals surface area contributed by atoms with Gasteiger partial charge in [-0.2, -0.15) is 10.4 Å². The second-order valence-electron chi connectivity index (χ2n) is 6.17. The summed E-state index contributed by atoms with van der Waals surface area (Å²) < 4.78 is 7.48. The van der Waals surface area contributed by atoms with E-state index in [1.54, 1.807) is 28.9 Å². The molecule has 7 heteroatoms. The van der Waals surface area contributed by atoms with Crippen LogP contribution in [0.3, 0.4) is 0 Å². The zero-order valence-electron chi connectivity index (χ0n) is 14.3. The van der Waals surface area contributed by atoms with Crippen molar-refractivity contribution >= 4 is 23.2 Å². The van der Waals surface area contributed by atoms with Gasteiger partial charge in [-0.3, -0.25) is 0 Å². The van der Waals surface area contributed by atoms with Crippen LogP contribution >= 0.6 is 23.2 Å². The molecule has 1 aliphatic rings. The number of nitrogens with two attached hydrogens (primary N) is 1. The standard InChI is InChI=1S/C20H14Cl2N4O/c1-11-17-18(12-5-7-13(21)8-6-12)16(10-23)19(24)27-20(17)26(25-11)15-4-2-3-14(22)9-15/h2-9,18H,24H2,1H3. The molecule has 2 aromatic carbocycles. The molecule has 2 heterocycles. The van der Waals surface area contributed by atoms with E-state index in [1.165, 1.54) is 0 Å². The van der Waals surface area contributed by atoms with Gasteiger partial charge in [0.1, 0.15) is 11.6 Å². The first-order chi connectivity index (χ1) is 13.0. The first kappa shape index (κ1) is 17.5. The van der Waals surface area contributed by atoms with Crippen LogP contribution < -0.4 is 10.5 Å². The molecule has 2 N–H and O–H groups in total. The van der Waals surface area contributed by atoms with E-state index in [0.717, 1.165) is 22.5 Å². The first-order valence-corrected chi connectivity index (χ1v) is 8.93. The van der Waals surface area contributed by atoms with Gasteiger partial charge in [0.2, 0.25) is 11.8 Å². The highest BCUT2D eigenvalue weighted by atomic mass is 35.5. The monoisotopic (exact) mass is 396 g/mol. The lowest BCUT2D eigenvalue weighted by atomic mass is 9.84. The van der Waals surface area contributed by atoms with Gasteiger partial charge in [-0.05, 0) is 42.8 Å². The fraction of sp³-hybridized carbons (Fsp3) is 0.100. The number of aromatic nitrogens is 2. The Balaban J connectivity index is 1.95. The molecule has 27 heavy (non-hydrogen) atoms. The van der Waals surface area contributed by atoms with Crippen LogP contribution in [0, 0.1) is 18.3 Å². The van der Waals surface area contributed by atoms with E-state index in [-0.39, 0.29) is 11.8 Å². The molecule has 5 nitrogen and oxygen atoms in total. The molecule has 0 saturated carbocycles. The van der Waals surface area contributed by atoms with Crippen molar-refractivity contribution in [3.8, 4) is 17.6 Å². The third kappa shape index (κ3) is 2.93. The van der Waals surface area contributed by atoms with Crippen LogP contribution in [-0.4, -0.2) is 9.78 Å². The summed E-state index contributed by atoms with van der Waals surface area (Å²) in [5, 5.41) is 15.5. The zero-order chi connectivity index (χ0) is 19.1. The van der Waals surface area contributed by atoms with E-state index < -0.39 is 0 Å². The smallest absolute Gasteiger partial charge is 0.229 e. The van der Waals surface area contributed by atoms with E-state index in [0.29, 0.717) is 21.5 Å². The highest BCUT2D eigenvalue weighted by Gasteiger charge is 2.36. The lowest BCUT2D eigenvalue weighted by Crippen LogP contribution is -2.22. The molecule has 134 valence electrons. The van der Waals surface area contributed by atoms with Gasteiger partial charge in [-0.1, -0.05) is 41.4 Å². The van der Waals surface area contributed by atoms with Crippen molar-refractivity contribution in [3.05, 3.63) is 86.9 Å². The van der Waals surface area contributed by atoms with Crippen LogP contribution in [-0.2, 0) is 0 Å². The van der Waals surface area contributed by atoms with Gasteiger partial charge in [0.25, 0.3) is 0 Å². The molecule has 4 rings (SSSR count). The molecular weight excluding hydrogens is 383 g/mol. The van der Waals surface area contributed by atoms with Gasteiger partial charge >= 0.3 is 0 Å². The van der Waals surface area contributed by atoms with Crippen LogP contribution in [0.4, 0.5) is 0 Å². The number of aryl methyl sites for hydroxylation is 1. The van der Waals surface area contributed by atoms with E-state index in [9.17, 15) is 5.26 Å². The van der Waals surface area contributed by atoms with Gasteiger partial charge in [-0.15, -0.1) is 0 Å². The summed E-state index contributed by atoms with van der Waals surface area (Å²) in [6, 6.07) is 16.8. The molecule has 0 fully saturated rings. The minimum absolute atomic E-state index is 0.0631. The molecule has 0 spiro atoms. The summed E-state index contributed by atoms with van der Waals surface area (Å²) in [6.07, 6.45) is 0. The Bertz CT molecular complexity index is 1110. The maximum absolute atomic E-state index is 9.69. The van der Waals surface area contributed by atoms with Crippen molar-refractivity contribution in [2.75, 3.05) is 0 Å². The number of hydrogen-bond donors (Lipinski definition) is 1. The minimum atomic E-state index is -0.385. The average molecular weight is 397 g/mol. The fourth-order valence-electron chi connectivity index (χ4n) is 3.29. The lowest BCUT2D eigenvalue weighted by Gasteiger charge is -2.25. The molecule has 0 aliphatic carbocycles. The molecule has 1 aromatic heterocycles. The van der Waals surface area contributed by atoms with Gasteiger partial charge in [0, 0.05) is 10.0 Å². The van der Waals surface area contributed by atoms with Crippen LogP contribution in [0.2, 0.25) is 10.0 Å². The Hall–Kier alpha value is -2.94. The van der Waals surface area contributed by atoms with Crippen LogP contribution in [0.25, 0.3) is 5.69 Å². The van der Waals surface area contributed by atoms with Gasteiger partial charge in [0.15, 0.2) is 0 Å². The van der Waals surface area contributed by atoms with Crippen molar-refractivity contribution in [1.82, 2.24) is 9.78 Å². The Labute approximate surface area is 166 Å². The fourth-order valence-corrected chi connectivity index (χ4v) is 3.60. The number of nitriles is 1. The molecule has 1 atom stereocenters. The predicted octanol–water partition coefficient (Wildman–Crippen LogP) is 4.71. The molecule has 0 amide bonds. The molecule has 0 saturated heterocycles. The van der Waals surface area contributed by atoms with E-state index in [2.05, 4.69) is 11.2 Å². The quantitative estimate of drug-likeness (QED) is 0.680. The van der Waals surface area contributed by atoms with Crippen molar-refractivity contribution in [2.24, 2.45) is 5.73 Å². The number of benzene rings is 2.